The average molecular weight is 327 g/mol. The molecule has 0 spiro atoms. The highest BCUT2D eigenvalue weighted by Gasteiger charge is 2.32. The number of carbonyl (C=O) groups is 1. The Morgan fingerprint density at radius 1 is 1.33 bits per heavy atom. The minimum Gasteiger partial charge on any atom is -0.390 e. The lowest BCUT2D eigenvalue weighted by Crippen LogP contribution is -2.35. The number of aromatic nitrogens is 2. The van der Waals surface area contributed by atoms with Crippen molar-refractivity contribution in [2.75, 3.05) is 0 Å². The molecule has 0 saturated carbocycles. The summed E-state index contributed by atoms with van der Waals surface area (Å²) in [5.41, 5.74) is 1.93. The normalized spacial score (nSPS) is 19.1. The number of fused-ring (bicyclic) bond motifs is 1. The maximum Gasteiger partial charge on any atom is 0.272 e. The number of benzene rings is 1. The van der Waals surface area contributed by atoms with E-state index in [-0.39, 0.29) is 17.2 Å². The summed E-state index contributed by atoms with van der Waals surface area (Å²) in [5, 5.41) is 17.2. The number of nitrogens with zero attached hydrogens (tertiary/aromatic N) is 2. The van der Waals surface area contributed by atoms with Crippen LogP contribution in [-0.4, -0.2) is 26.9 Å². The number of hydrogen-bond donors (Lipinski definition) is 2. The Kier molecular flexibility index (Phi) is 4.76. The van der Waals surface area contributed by atoms with Gasteiger partial charge < -0.3 is 10.4 Å². The Bertz CT molecular complexity index is 800. The van der Waals surface area contributed by atoms with Crippen molar-refractivity contribution in [3.8, 4) is 0 Å². The molecule has 6 heteroatoms. The third-order valence-corrected chi connectivity index (χ3v) is 4.31. The van der Waals surface area contributed by atoms with Gasteiger partial charge in [-0.1, -0.05) is 37.6 Å². The number of aliphatic hydroxyl groups is 1. The molecular weight excluding hydrogens is 306 g/mol. The van der Waals surface area contributed by atoms with Gasteiger partial charge in [-0.15, -0.1) is 0 Å². The summed E-state index contributed by atoms with van der Waals surface area (Å²) in [5.74, 6) is -0.388. The molecule has 126 valence electrons. The molecule has 3 rings (SSSR count). The predicted octanol–water partition coefficient (Wildman–Crippen LogP) is 1.43. The van der Waals surface area contributed by atoms with Crippen molar-refractivity contribution in [2.45, 2.75) is 44.9 Å². The van der Waals surface area contributed by atoms with Crippen LogP contribution in [0.2, 0.25) is 0 Å². The van der Waals surface area contributed by atoms with Gasteiger partial charge in [0.2, 0.25) is 0 Å². The Morgan fingerprint density at radius 2 is 2.12 bits per heavy atom. The van der Waals surface area contributed by atoms with Gasteiger partial charge in [-0.3, -0.25) is 9.59 Å². The van der Waals surface area contributed by atoms with E-state index < -0.39 is 12.1 Å². The fourth-order valence-corrected chi connectivity index (χ4v) is 3.00. The monoisotopic (exact) mass is 327 g/mol. The lowest BCUT2D eigenvalue weighted by molar-refractivity contribution is 0.0851. The molecule has 2 aromatic rings. The molecule has 1 aromatic heterocycles. The maximum absolute atomic E-state index is 12.5. The van der Waals surface area contributed by atoms with Gasteiger partial charge in [0.05, 0.1) is 12.1 Å². The summed E-state index contributed by atoms with van der Waals surface area (Å²) in [6.45, 7) is 2.52. The van der Waals surface area contributed by atoms with Gasteiger partial charge in [-0.2, -0.15) is 5.10 Å². The van der Waals surface area contributed by atoms with Crippen LogP contribution in [0.25, 0.3) is 0 Å². The third-order valence-electron chi connectivity index (χ3n) is 4.31. The smallest absolute Gasteiger partial charge is 0.272 e. The standard InChI is InChI=1S/C18H21N3O3/c1-2-3-10-21-16(23)9-8-14(20-21)18(24)19-17-13-7-5-4-6-12(13)11-15(17)22/h4-9,15,17,22H,2-3,10-11H2,1H3,(H,19,24)/t15-,17+/m0/s1. The quantitative estimate of drug-likeness (QED) is 0.870. The Morgan fingerprint density at radius 3 is 2.92 bits per heavy atom. The summed E-state index contributed by atoms with van der Waals surface area (Å²) in [4.78, 5) is 24.3. The van der Waals surface area contributed by atoms with Crippen molar-refractivity contribution in [3.05, 3.63) is 63.6 Å². The van der Waals surface area contributed by atoms with E-state index in [0.717, 1.165) is 24.0 Å². The summed E-state index contributed by atoms with van der Waals surface area (Å²) in [6, 6.07) is 10.00. The van der Waals surface area contributed by atoms with Gasteiger partial charge in [0, 0.05) is 19.0 Å². The van der Waals surface area contributed by atoms with Crippen LogP contribution in [0.5, 0.6) is 0 Å². The number of carbonyl (C=O) groups excluding carboxylic acids is 1. The van der Waals surface area contributed by atoms with Crippen LogP contribution >= 0.6 is 0 Å². The summed E-state index contributed by atoms with van der Waals surface area (Å²) >= 11 is 0. The van der Waals surface area contributed by atoms with Crippen LogP contribution in [0, 0.1) is 0 Å². The van der Waals surface area contributed by atoms with Crippen molar-refractivity contribution in [2.24, 2.45) is 0 Å². The van der Waals surface area contributed by atoms with Crippen LogP contribution in [0.1, 0.15) is 47.4 Å². The van der Waals surface area contributed by atoms with Gasteiger partial charge in [-0.25, -0.2) is 4.68 Å². The molecule has 2 N–H and O–H groups in total. The molecule has 2 atom stereocenters. The van der Waals surface area contributed by atoms with E-state index in [4.69, 9.17) is 0 Å². The second-order valence-electron chi connectivity index (χ2n) is 6.05. The zero-order chi connectivity index (χ0) is 17.1. The van der Waals surface area contributed by atoms with E-state index >= 15 is 0 Å². The SMILES string of the molecule is CCCCn1nc(C(=O)N[C@@H]2c3ccccc3C[C@@H]2O)ccc1=O. The first-order valence-electron chi connectivity index (χ1n) is 8.25. The molecule has 1 aliphatic carbocycles. The molecular formula is C18H21N3O3. The van der Waals surface area contributed by atoms with E-state index in [9.17, 15) is 14.7 Å². The molecule has 1 aliphatic rings. The summed E-state index contributed by atoms with van der Waals surface area (Å²) < 4.78 is 1.32. The molecule has 0 saturated heterocycles. The highest BCUT2D eigenvalue weighted by Crippen LogP contribution is 2.31. The lowest BCUT2D eigenvalue weighted by atomic mass is 10.1. The van der Waals surface area contributed by atoms with E-state index in [1.165, 1.54) is 16.8 Å². The van der Waals surface area contributed by atoms with Crippen molar-refractivity contribution in [3.63, 3.8) is 0 Å². The largest absolute Gasteiger partial charge is 0.390 e. The molecule has 1 aromatic carbocycles. The number of aliphatic hydroxyl groups excluding tert-OH is 1. The number of hydrogen-bond acceptors (Lipinski definition) is 4. The van der Waals surface area contributed by atoms with E-state index in [1.54, 1.807) is 0 Å². The first-order valence-corrected chi connectivity index (χ1v) is 8.25. The lowest BCUT2D eigenvalue weighted by Gasteiger charge is -2.18. The Labute approximate surface area is 140 Å². The molecule has 1 heterocycles. The average Bonchev–Trinajstić information content (AvgIpc) is 2.90. The van der Waals surface area contributed by atoms with Crippen LogP contribution in [0.3, 0.4) is 0 Å². The second kappa shape index (κ2) is 6.97. The van der Waals surface area contributed by atoms with Crippen LogP contribution in [0.15, 0.2) is 41.2 Å². The van der Waals surface area contributed by atoms with Gasteiger partial charge in [-0.05, 0) is 23.6 Å². The van der Waals surface area contributed by atoms with Crippen molar-refractivity contribution < 1.29 is 9.90 Å². The van der Waals surface area contributed by atoms with E-state index in [2.05, 4.69) is 10.4 Å². The molecule has 0 aliphatic heterocycles. The minimum atomic E-state index is -0.655. The highest BCUT2D eigenvalue weighted by molar-refractivity contribution is 5.92. The van der Waals surface area contributed by atoms with Crippen LogP contribution in [0.4, 0.5) is 0 Å². The first kappa shape index (κ1) is 16.4. The van der Waals surface area contributed by atoms with Crippen molar-refractivity contribution in [1.29, 1.82) is 0 Å². The van der Waals surface area contributed by atoms with E-state index in [0.29, 0.717) is 13.0 Å². The van der Waals surface area contributed by atoms with Crippen LogP contribution in [-0.2, 0) is 13.0 Å². The fourth-order valence-electron chi connectivity index (χ4n) is 3.00. The van der Waals surface area contributed by atoms with Gasteiger partial charge in [0.15, 0.2) is 0 Å². The van der Waals surface area contributed by atoms with Crippen LogP contribution < -0.4 is 10.9 Å². The molecule has 6 nitrogen and oxygen atoms in total. The molecule has 1 amide bonds. The molecule has 0 unspecified atom stereocenters. The molecule has 0 fully saturated rings. The zero-order valence-electron chi connectivity index (χ0n) is 13.6. The van der Waals surface area contributed by atoms with E-state index in [1.807, 2.05) is 31.2 Å². The van der Waals surface area contributed by atoms with Crippen molar-refractivity contribution >= 4 is 5.91 Å². The number of unbranched alkanes of at least 4 members (excludes halogenated alkanes) is 1. The van der Waals surface area contributed by atoms with Gasteiger partial charge in [0.1, 0.15) is 5.69 Å². The molecule has 0 bridgehead atoms. The van der Waals surface area contributed by atoms with Gasteiger partial charge >= 0.3 is 0 Å². The number of amides is 1. The summed E-state index contributed by atoms with van der Waals surface area (Å²) in [7, 11) is 0. The Balaban J connectivity index is 1.79. The van der Waals surface area contributed by atoms with Gasteiger partial charge in [0.25, 0.3) is 11.5 Å². The first-order chi connectivity index (χ1) is 11.6. The molecule has 0 radical (unpaired) electrons. The predicted molar refractivity (Wildman–Crippen MR) is 89.8 cm³/mol. The second-order valence-corrected chi connectivity index (χ2v) is 6.05. The summed E-state index contributed by atoms with van der Waals surface area (Å²) in [6.07, 6.45) is 1.63. The third kappa shape index (κ3) is 3.23. The Hall–Kier alpha value is -2.47. The van der Waals surface area contributed by atoms with Crippen molar-refractivity contribution in [1.82, 2.24) is 15.1 Å². The number of rotatable bonds is 5. The number of nitrogens with one attached hydrogen (secondary N) is 1. The minimum absolute atomic E-state index is 0.183. The topological polar surface area (TPSA) is 84.2 Å². The zero-order valence-corrected chi connectivity index (χ0v) is 13.6. The maximum atomic E-state index is 12.5. The highest BCUT2D eigenvalue weighted by atomic mass is 16.3. The number of aryl methyl sites for hydroxylation is 1. The fraction of sp³-hybridized carbons (Fsp3) is 0.389. The molecule has 24 heavy (non-hydrogen) atoms.